The number of carbonyl (C=O) groups excluding carboxylic acids is 1. The maximum atomic E-state index is 13.6. The molecule has 108 valence electrons. The number of hydrogen-bond donors (Lipinski definition) is 2. The summed E-state index contributed by atoms with van der Waals surface area (Å²) in [6, 6.07) is 10.5. The molecule has 0 aromatic heterocycles. The Morgan fingerprint density at radius 2 is 1.95 bits per heavy atom. The van der Waals surface area contributed by atoms with Gasteiger partial charge in [0.05, 0.1) is 12.0 Å². The van der Waals surface area contributed by atoms with E-state index in [1.807, 2.05) is 0 Å². The maximum absolute atomic E-state index is 13.6. The lowest BCUT2D eigenvalue weighted by Crippen LogP contribution is -2.14. The minimum absolute atomic E-state index is 0.0898. The van der Waals surface area contributed by atoms with Gasteiger partial charge < -0.3 is 10.4 Å². The number of aliphatic carboxylic acids is 1. The number of anilines is 1. The Kier molecular flexibility index (Phi) is 4.70. The van der Waals surface area contributed by atoms with Crippen LogP contribution in [0.15, 0.2) is 46.9 Å². The fourth-order valence-electron chi connectivity index (χ4n) is 1.80. The highest BCUT2D eigenvalue weighted by molar-refractivity contribution is 9.10. The number of rotatable bonds is 4. The molecule has 0 aliphatic carbocycles. The van der Waals surface area contributed by atoms with Crippen molar-refractivity contribution in [1.82, 2.24) is 0 Å². The van der Waals surface area contributed by atoms with Crippen LogP contribution in [0.3, 0.4) is 0 Å². The zero-order valence-corrected chi connectivity index (χ0v) is 12.4. The molecule has 0 radical (unpaired) electrons. The molecule has 0 heterocycles. The van der Waals surface area contributed by atoms with Gasteiger partial charge in [-0.1, -0.05) is 28.1 Å². The van der Waals surface area contributed by atoms with Crippen molar-refractivity contribution in [3.63, 3.8) is 0 Å². The second-order valence-electron chi connectivity index (χ2n) is 4.35. The average molecular weight is 352 g/mol. The van der Waals surface area contributed by atoms with Gasteiger partial charge in [0.25, 0.3) is 5.91 Å². The summed E-state index contributed by atoms with van der Waals surface area (Å²) in [5.41, 5.74) is 0.876. The Labute approximate surface area is 128 Å². The monoisotopic (exact) mass is 351 g/mol. The Bertz CT molecular complexity index is 703. The summed E-state index contributed by atoms with van der Waals surface area (Å²) in [7, 11) is 0. The molecule has 2 aromatic carbocycles. The zero-order chi connectivity index (χ0) is 15.4. The number of benzene rings is 2. The molecule has 2 aromatic rings. The first-order chi connectivity index (χ1) is 9.95. The molecule has 0 bridgehead atoms. The summed E-state index contributed by atoms with van der Waals surface area (Å²) >= 11 is 3.18. The van der Waals surface area contributed by atoms with Crippen molar-refractivity contribution in [3.05, 3.63) is 63.9 Å². The summed E-state index contributed by atoms with van der Waals surface area (Å²) in [5.74, 6) is -2.19. The molecular formula is C15H11BrFNO3. The highest BCUT2D eigenvalue weighted by Gasteiger charge is 2.12. The first kappa shape index (κ1) is 15.2. The molecular weight excluding hydrogens is 341 g/mol. The van der Waals surface area contributed by atoms with E-state index in [1.165, 1.54) is 18.2 Å². The van der Waals surface area contributed by atoms with Crippen LogP contribution in [0, 0.1) is 5.82 Å². The summed E-state index contributed by atoms with van der Waals surface area (Å²) in [6.45, 7) is 0. The van der Waals surface area contributed by atoms with E-state index in [2.05, 4.69) is 21.2 Å². The van der Waals surface area contributed by atoms with Crippen LogP contribution in [0.25, 0.3) is 0 Å². The molecule has 0 aliphatic rings. The average Bonchev–Trinajstić information content (AvgIpc) is 2.41. The molecule has 0 atom stereocenters. The van der Waals surface area contributed by atoms with Gasteiger partial charge in [-0.25, -0.2) is 4.39 Å². The van der Waals surface area contributed by atoms with Crippen LogP contribution >= 0.6 is 15.9 Å². The number of amides is 1. The number of nitrogens with one attached hydrogen (secondary N) is 1. The van der Waals surface area contributed by atoms with E-state index in [4.69, 9.17) is 5.11 Å². The third-order valence-electron chi connectivity index (χ3n) is 2.71. The molecule has 0 aliphatic heterocycles. The van der Waals surface area contributed by atoms with Gasteiger partial charge in [0, 0.05) is 10.2 Å². The Hall–Kier alpha value is -2.21. The third kappa shape index (κ3) is 4.13. The molecule has 0 unspecified atom stereocenters. The minimum atomic E-state index is -0.962. The number of carboxylic acid groups (broad SMARTS) is 1. The third-order valence-corrected chi connectivity index (χ3v) is 3.21. The number of carboxylic acids is 1. The predicted molar refractivity (Wildman–Crippen MR) is 79.8 cm³/mol. The van der Waals surface area contributed by atoms with Crippen LogP contribution in [0.2, 0.25) is 0 Å². The van der Waals surface area contributed by atoms with Crippen molar-refractivity contribution >= 4 is 33.5 Å². The first-order valence-corrected chi connectivity index (χ1v) is 6.82. The SMILES string of the molecule is O=C(O)Cc1cccc(NC(=O)c2cc(Br)ccc2F)c1. The van der Waals surface area contributed by atoms with Gasteiger partial charge in [0.1, 0.15) is 5.82 Å². The quantitative estimate of drug-likeness (QED) is 0.886. The van der Waals surface area contributed by atoms with E-state index in [0.29, 0.717) is 15.7 Å². The molecule has 21 heavy (non-hydrogen) atoms. The van der Waals surface area contributed by atoms with E-state index in [1.54, 1.807) is 24.3 Å². The molecule has 4 nitrogen and oxygen atoms in total. The Balaban J connectivity index is 2.19. The summed E-state index contributed by atoms with van der Waals surface area (Å²) in [6.07, 6.45) is -0.144. The van der Waals surface area contributed by atoms with Crippen LogP contribution in [0.4, 0.5) is 10.1 Å². The minimum Gasteiger partial charge on any atom is -0.481 e. The zero-order valence-electron chi connectivity index (χ0n) is 10.8. The molecule has 0 saturated heterocycles. The van der Waals surface area contributed by atoms with Crippen molar-refractivity contribution in [2.24, 2.45) is 0 Å². The summed E-state index contributed by atoms with van der Waals surface area (Å²) in [4.78, 5) is 22.7. The normalized spacial score (nSPS) is 10.2. The van der Waals surface area contributed by atoms with Gasteiger partial charge in [-0.3, -0.25) is 9.59 Å². The van der Waals surface area contributed by atoms with Crippen molar-refractivity contribution in [2.45, 2.75) is 6.42 Å². The standard InChI is InChI=1S/C15H11BrFNO3/c16-10-4-5-13(17)12(8-10)15(21)18-11-3-1-2-9(6-11)7-14(19)20/h1-6,8H,7H2,(H,18,21)(H,19,20). The van der Waals surface area contributed by atoms with Gasteiger partial charge in [-0.05, 0) is 35.9 Å². The molecule has 6 heteroatoms. The van der Waals surface area contributed by atoms with Crippen molar-refractivity contribution < 1.29 is 19.1 Å². The molecule has 0 fully saturated rings. The van der Waals surface area contributed by atoms with Gasteiger partial charge in [0.2, 0.25) is 0 Å². The van der Waals surface area contributed by atoms with Gasteiger partial charge in [0.15, 0.2) is 0 Å². The largest absolute Gasteiger partial charge is 0.481 e. The lowest BCUT2D eigenvalue weighted by atomic mass is 10.1. The van der Waals surface area contributed by atoms with E-state index >= 15 is 0 Å². The molecule has 2 N–H and O–H groups in total. The Morgan fingerprint density at radius 3 is 2.67 bits per heavy atom. The van der Waals surface area contributed by atoms with Gasteiger partial charge in [-0.15, -0.1) is 0 Å². The smallest absolute Gasteiger partial charge is 0.307 e. The maximum Gasteiger partial charge on any atom is 0.307 e. The van der Waals surface area contributed by atoms with Crippen LogP contribution < -0.4 is 5.32 Å². The predicted octanol–water partition coefficient (Wildman–Crippen LogP) is 3.47. The van der Waals surface area contributed by atoms with Gasteiger partial charge in [-0.2, -0.15) is 0 Å². The second kappa shape index (κ2) is 6.49. The first-order valence-electron chi connectivity index (χ1n) is 6.03. The topological polar surface area (TPSA) is 66.4 Å². The number of halogens is 2. The van der Waals surface area contributed by atoms with E-state index < -0.39 is 17.7 Å². The summed E-state index contributed by atoms with van der Waals surface area (Å²) < 4.78 is 14.2. The van der Waals surface area contributed by atoms with Crippen LogP contribution in [0.5, 0.6) is 0 Å². The second-order valence-corrected chi connectivity index (χ2v) is 5.26. The van der Waals surface area contributed by atoms with Crippen LogP contribution in [0.1, 0.15) is 15.9 Å². The molecule has 0 spiro atoms. The van der Waals surface area contributed by atoms with Crippen molar-refractivity contribution in [2.75, 3.05) is 5.32 Å². The van der Waals surface area contributed by atoms with E-state index in [0.717, 1.165) is 0 Å². The van der Waals surface area contributed by atoms with E-state index in [-0.39, 0.29) is 12.0 Å². The van der Waals surface area contributed by atoms with Crippen LogP contribution in [-0.4, -0.2) is 17.0 Å². The van der Waals surface area contributed by atoms with Crippen molar-refractivity contribution in [3.8, 4) is 0 Å². The summed E-state index contributed by atoms with van der Waals surface area (Å²) in [5, 5.41) is 11.3. The lowest BCUT2D eigenvalue weighted by molar-refractivity contribution is -0.136. The molecule has 2 rings (SSSR count). The van der Waals surface area contributed by atoms with Gasteiger partial charge >= 0.3 is 5.97 Å². The lowest BCUT2D eigenvalue weighted by Gasteiger charge is -2.08. The van der Waals surface area contributed by atoms with Crippen LogP contribution in [-0.2, 0) is 11.2 Å². The molecule has 0 saturated carbocycles. The van der Waals surface area contributed by atoms with E-state index in [9.17, 15) is 14.0 Å². The Morgan fingerprint density at radius 1 is 1.19 bits per heavy atom. The fraction of sp³-hybridized carbons (Fsp3) is 0.0667. The highest BCUT2D eigenvalue weighted by atomic mass is 79.9. The highest BCUT2D eigenvalue weighted by Crippen LogP contribution is 2.18. The fourth-order valence-corrected chi connectivity index (χ4v) is 2.16. The number of hydrogen-bond acceptors (Lipinski definition) is 2. The van der Waals surface area contributed by atoms with Crippen molar-refractivity contribution in [1.29, 1.82) is 0 Å². The number of carbonyl (C=O) groups is 2. The molecule has 1 amide bonds.